The molecule has 1 aromatic heterocycles. The number of aliphatic hydroxyl groups excluding tert-OH is 1. The van der Waals surface area contributed by atoms with Gasteiger partial charge in [-0.25, -0.2) is 4.79 Å². The van der Waals surface area contributed by atoms with Crippen molar-refractivity contribution in [1.82, 2.24) is 4.57 Å². The molecule has 1 N–H and O–H groups in total. The van der Waals surface area contributed by atoms with Crippen molar-refractivity contribution in [3.05, 3.63) is 34.3 Å². The lowest BCUT2D eigenvalue weighted by atomic mass is 10.0. The molecule has 1 aliphatic rings. The number of rotatable bonds is 4. The quantitative estimate of drug-likeness (QED) is 0.930. The SMILES string of the molecule is CCCn1c(=O)oc2cc(C(O)C3CCCO3)ccc21. The number of aryl methyl sites for hydroxylation is 1. The fraction of sp³-hybridized carbons (Fsp3) is 0.533. The first-order valence-corrected chi connectivity index (χ1v) is 7.13. The van der Waals surface area contributed by atoms with Crippen LogP contribution in [0.3, 0.4) is 0 Å². The lowest BCUT2D eigenvalue weighted by Gasteiger charge is -2.17. The Morgan fingerprint density at radius 3 is 3.05 bits per heavy atom. The summed E-state index contributed by atoms with van der Waals surface area (Å²) in [6.45, 7) is 3.35. The molecule has 2 aromatic rings. The molecular formula is C15H19NO4. The highest BCUT2D eigenvalue weighted by atomic mass is 16.5. The van der Waals surface area contributed by atoms with Crippen LogP contribution in [-0.2, 0) is 11.3 Å². The highest BCUT2D eigenvalue weighted by molar-refractivity contribution is 5.73. The smallest absolute Gasteiger partial charge is 0.408 e. The van der Waals surface area contributed by atoms with Crippen molar-refractivity contribution in [1.29, 1.82) is 0 Å². The van der Waals surface area contributed by atoms with Gasteiger partial charge in [-0.1, -0.05) is 13.0 Å². The monoisotopic (exact) mass is 277 g/mol. The molecular weight excluding hydrogens is 258 g/mol. The predicted molar refractivity (Wildman–Crippen MR) is 74.7 cm³/mol. The van der Waals surface area contributed by atoms with Crippen molar-refractivity contribution in [3.63, 3.8) is 0 Å². The normalized spacial score (nSPS) is 20.6. The Morgan fingerprint density at radius 2 is 2.35 bits per heavy atom. The number of hydrogen-bond acceptors (Lipinski definition) is 4. The number of oxazole rings is 1. The number of aliphatic hydroxyl groups is 1. The van der Waals surface area contributed by atoms with E-state index < -0.39 is 6.10 Å². The number of nitrogens with zero attached hydrogens (tertiary/aromatic N) is 1. The first-order valence-electron chi connectivity index (χ1n) is 7.13. The third kappa shape index (κ3) is 2.27. The molecule has 0 saturated carbocycles. The maximum absolute atomic E-state index is 11.8. The Balaban J connectivity index is 1.96. The average Bonchev–Trinajstić information content (AvgIpc) is 3.07. The number of benzene rings is 1. The van der Waals surface area contributed by atoms with E-state index in [0.717, 1.165) is 30.3 Å². The Morgan fingerprint density at radius 1 is 1.50 bits per heavy atom. The van der Waals surface area contributed by atoms with Crippen LogP contribution in [0.1, 0.15) is 37.9 Å². The van der Waals surface area contributed by atoms with Crippen LogP contribution in [0.5, 0.6) is 0 Å². The van der Waals surface area contributed by atoms with Gasteiger partial charge in [0, 0.05) is 13.2 Å². The molecule has 0 bridgehead atoms. The van der Waals surface area contributed by atoms with E-state index in [1.165, 1.54) is 0 Å². The summed E-state index contributed by atoms with van der Waals surface area (Å²) >= 11 is 0. The molecule has 1 fully saturated rings. The van der Waals surface area contributed by atoms with Crippen LogP contribution in [0, 0.1) is 0 Å². The number of hydrogen-bond donors (Lipinski definition) is 1. The Labute approximate surface area is 116 Å². The van der Waals surface area contributed by atoms with Gasteiger partial charge in [0.25, 0.3) is 0 Å². The van der Waals surface area contributed by atoms with Crippen molar-refractivity contribution in [2.75, 3.05) is 6.61 Å². The first-order chi connectivity index (χ1) is 9.70. The van der Waals surface area contributed by atoms with E-state index in [9.17, 15) is 9.90 Å². The topological polar surface area (TPSA) is 64.6 Å². The summed E-state index contributed by atoms with van der Waals surface area (Å²) < 4.78 is 12.4. The average molecular weight is 277 g/mol. The predicted octanol–water partition coefficient (Wildman–Crippen LogP) is 2.22. The fourth-order valence-corrected chi connectivity index (χ4v) is 2.77. The van der Waals surface area contributed by atoms with Gasteiger partial charge in [0.05, 0.1) is 11.6 Å². The lowest BCUT2D eigenvalue weighted by molar-refractivity contribution is -0.00255. The summed E-state index contributed by atoms with van der Waals surface area (Å²) in [5, 5.41) is 10.3. The van der Waals surface area contributed by atoms with Crippen LogP contribution < -0.4 is 5.76 Å². The first kappa shape index (κ1) is 13.4. The number of aromatic nitrogens is 1. The summed E-state index contributed by atoms with van der Waals surface area (Å²) in [5.74, 6) is -0.342. The second-order valence-corrected chi connectivity index (χ2v) is 5.24. The van der Waals surface area contributed by atoms with Crippen LogP contribution in [0.15, 0.2) is 27.4 Å². The van der Waals surface area contributed by atoms with Crippen molar-refractivity contribution in [2.45, 2.75) is 44.9 Å². The molecule has 1 aliphatic heterocycles. The van der Waals surface area contributed by atoms with Gasteiger partial charge in [-0.05, 0) is 37.0 Å². The zero-order valence-corrected chi connectivity index (χ0v) is 11.5. The molecule has 2 unspecified atom stereocenters. The molecule has 0 radical (unpaired) electrons. The van der Waals surface area contributed by atoms with Crippen molar-refractivity contribution < 1.29 is 14.3 Å². The molecule has 3 rings (SSSR count). The maximum Gasteiger partial charge on any atom is 0.419 e. The molecule has 1 saturated heterocycles. The van der Waals surface area contributed by atoms with Crippen LogP contribution in [0.2, 0.25) is 0 Å². The van der Waals surface area contributed by atoms with Crippen LogP contribution in [0.25, 0.3) is 11.1 Å². The molecule has 2 atom stereocenters. The molecule has 1 aromatic carbocycles. The van der Waals surface area contributed by atoms with Crippen LogP contribution in [-0.4, -0.2) is 22.4 Å². The molecule has 5 nitrogen and oxygen atoms in total. The largest absolute Gasteiger partial charge is 0.419 e. The Bertz CT molecular complexity index is 651. The molecule has 0 spiro atoms. The van der Waals surface area contributed by atoms with E-state index in [4.69, 9.17) is 9.15 Å². The van der Waals surface area contributed by atoms with E-state index in [-0.39, 0.29) is 11.9 Å². The second kappa shape index (κ2) is 5.42. The standard InChI is InChI=1S/C15H19NO4/c1-2-7-16-11-6-5-10(9-13(11)20-15(16)18)14(17)12-4-3-8-19-12/h5-6,9,12,14,17H,2-4,7-8H2,1H3. The zero-order valence-electron chi connectivity index (χ0n) is 11.5. The Hall–Kier alpha value is -1.59. The van der Waals surface area contributed by atoms with Gasteiger partial charge in [0.2, 0.25) is 0 Å². The van der Waals surface area contributed by atoms with Gasteiger partial charge in [-0.3, -0.25) is 4.57 Å². The summed E-state index contributed by atoms with van der Waals surface area (Å²) in [6, 6.07) is 5.43. The van der Waals surface area contributed by atoms with E-state index in [2.05, 4.69) is 0 Å². The number of ether oxygens (including phenoxy) is 1. The van der Waals surface area contributed by atoms with E-state index in [1.54, 1.807) is 10.6 Å². The van der Waals surface area contributed by atoms with Crippen molar-refractivity contribution in [2.24, 2.45) is 0 Å². The van der Waals surface area contributed by atoms with Crippen molar-refractivity contribution in [3.8, 4) is 0 Å². The van der Waals surface area contributed by atoms with Crippen LogP contribution >= 0.6 is 0 Å². The van der Waals surface area contributed by atoms with Gasteiger partial charge in [-0.15, -0.1) is 0 Å². The third-order valence-corrected chi connectivity index (χ3v) is 3.80. The summed E-state index contributed by atoms with van der Waals surface area (Å²) in [7, 11) is 0. The number of fused-ring (bicyclic) bond motifs is 1. The van der Waals surface area contributed by atoms with E-state index in [0.29, 0.717) is 18.7 Å². The molecule has 2 heterocycles. The van der Waals surface area contributed by atoms with Gasteiger partial charge >= 0.3 is 5.76 Å². The van der Waals surface area contributed by atoms with Crippen molar-refractivity contribution >= 4 is 11.1 Å². The lowest BCUT2D eigenvalue weighted by Crippen LogP contribution is -2.17. The zero-order chi connectivity index (χ0) is 14.1. The second-order valence-electron chi connectivity index (χ2n) is 5.24. The van der Waals surface area contributed by atoms with E-state index >= 15 is 0 Å². The minimum atomic E-state index is -0.665. The molecule has 5 heteroatoms. The van der Waals surface area contributed by atoms with Gasteiger partial charge in [-0.2, -0.15) is 0 Å². The maximum atomic E-state index is 11.8. The summed E-state index contributed by atoms with van der Waals surface area (Å²) in [5.41, 5.74) is 2.04. The molecule has 0 amide bonds. The highest BCUT2D eigenvalue weighted by Crippen LogP contribution is 2.28. The fourth-order valence-electron chi connectivity index (χ4n) is 2.77. The van der Waals surface area contributed by atoms with Crippen LogP contribution in [0.4, 0.5) is 0 Å². The molecule has 0 aliphatic carbocycles. The van der Waals surface area contributed by atoms with Gasteiger partial charge < -0.3 is 14.3 Å². The minimum absolute atomic E-state index is 0.156. The summed E-state index contributed by atoms with van der Waals surface area (Å²) in [6.07, 6.45) is 1.89. The van der Waals surface area contributed by atoms with E-state index in [1.807, 2.05) is 19.1 Å². The molecule has 108 valence electrons. The molecule has 20 heavy (non-hydrogen) atoms. The third-order valence-electron chi connectivity index (χ3n) is 3.80. The van der Waals surface area contributed by atoms with Gasteiger partial charge in [0.15, 0.2) is 5.58 Å². The van der Waals surface area contributed by atoms with Gasteiger partial charge in [0.1, 0.15) is 6.10 Å². The minimum Gasteiger partial charge on any atom is -0.408 e. The highest BCUT2D eigenvalue weighted by Gasteiger charge is 2.26. The summed E-state index contributed by atoms with van der Waals surface area (Å²) in [4.78, 5) is 11.8. The Kier molecular flexibility index (Phi) is 3.63.